The molecule has 2 N–H and O–H groups in total. The highest BCUT2D eigenvalue weighted by Crippen LogP contribution is 2.19. The Morgan fingerprint density at radius 3 is 2.58 bits per heavy atom. The van der Waals surface area contributed by atoms with E-state index in [9.17, 15) is 13.6 Å². The third kappa shape index (κ3) is 5.27. The van der Waals surface area contributed by atoms with Crippen LogP contribution in [-0.2, 0) is 0 Å². The summed E-state index contributed by atoms with van der Waals surface area (Å²) < 4.78 is 26.2. The molecular formula is C17H20F2N4O. The van der Waals surface area contributed by atoms with E-state index in [-0.39, 0.29) is 11.6 Å². The number of rotatable bonds is 7. The van der Waals surface area contributed by atoms with Crippen molar-refractivity contribution in [3.05, 3.63) is 53.9 Å². The molecule has 2 aromatic rings. The Hall–Kier alpha value is -2.54. The first-order chi connectivity index (χ1) is 11.5. The molecule has 0 aliphatic rings. The highest BCUT2D eigenvalue weighted by molar-refractivity contribution is 5.93. The SMILES string of the molecule is CN(C)CCCNC(=O)c1cc(Nc2ccc(F)c(F)c2)ccn1. The maximum absolute atomic E-state index is 13.2. The second-order valence-corrected chi connectivity index (χ2v) is 5.60. The Morgan fingerprint density at radius 2 is 1.88 bits per heavy atom. The van der Waals surface area contributed by atoms with Gasteiger partial charge in [-0.2, -0.15) is 0 Å². The van der Waals surface area contributed by atoms with Crippen LogP contribution >= 0.6 is 0 Å². The van der Waals surface area contributed by atoms with Crippen LogP contribution in [-0.4, -0.2) is 43.0 Å². The maximum atomic E-state index is 13.2. The number of carbonyl (C=O) groups is 1. The maximum Gasteiger partial charge on any atom is 0.269 e. The van der Waals surface area contributed by atoms with Crippen LogP contribution in [0.25, 0.3) is 0 Å². The largest absolute Gasteiger partial charge is 0.355 e. The van der Waals surface area contributed by atoms with Gasteiger partial charge in [-0.15, -0.1) is 0 Å². The van der Waals surface area contributed by atoms with E-state index in [0.717, 1.165) is 25.1 Å². The quantitative estimate of drug-likeness (QED) is 0.765. The van der Waals surface area contributed by atoms with Crippen LogP contribution in [0.15, 0.2) is 36.5 Å². The number of aromatic nitrogens is 1. The Balaban J connectivity index is 1.97. The van der Waals surface area contributed by atoms with Crippen molar-refractivity contribution in [3.63, 3.8) is 0 Å². The van der Waals surface area contributed by atoms with Gasteiger partial charge in [0.15, 0.2) is 11.6 Å². The molecular weight excluding hydrogens is 314 g/mol. The Labute approximate surface area is 139 Å². The predicted octanol–water partition coefficient (Wildman–Crippen LogP) is 2.78. The lowest BCUT2D eigenvalue weighted by Crippen LogP contribution is -2.27. The van der Waals surface area contributed by atoms with Crippen LogP contribution in [0.2, 0.25) is 0 Å². The molecule has 0 bridgehead atoms. The number of halogens is 2. The van der Waals surface area contributed by atoms with Crippen molar-refractivity contribution in [1.29, 1.82) is 0 Å². The number of anilines is 2. The summed E-state index contributed by atoms with van der Waals surface area (Å²) in [5.41, 5.74) is 1.21. The van der Waals surface area contributed by atoms with Gasteiger partial charge in [0.2, 0.25) is 0 Å². The summed E-state index contributed by atoms with van der Waals surface area (Å²) in [6, 6.07) is 6.71. The third-order valence-corrected chi connectivity index (χ3v) is 3.27. The molecule has 1 amide bonds. The summed E-state index contributed by atoms with van der Waals surface area (Å²) in [5, 5.41) is 5.71. The van der Waals surface area contributed by atoms with E-state index in [4.69, 9.17) is 0 Å². The van der Waals surface area contributed by atoms with Crippen molar-refractivity contribution in [1.82, 2.24) is 15.2 Å². The van der Waals surface area contributed by atoms with Gasteiger partial charge in [-0.25, -0.2) is 8.78 Å². The molecule has 0 aliphatic carbocycles. The summed E-state index contributed by atoms with van der Waals surface area (Å²) in [6.45, 7) is 1.44. The van der Waals surface area contributed by atoms with Crippen molar-refractivity contribution in [3.8, 4) is 0 Å². The normalized spacial score (nSPS) is 10.7. The van der Waals surface area contributed by atoms with Crippen molar-refractivity contribution in [2.24, 2.45) is 0 Å². The van der Waals surface area contributed by atoms with Crippen LogP contribution in [0.3, 0.4) is 0 Å². The first-order valence-electron chi connectivity index (χ1n) is 7.57. The summed E-state index contributed by atoms with van der Waals surface area (Å²) >= 11 is 0. The lowest BCUT2D eigenvalue weighted by Gasteiger charge is -2.10. The number of pyridine rings is 1. The molecule has 0 saturated carbocycles. The number of benzene rings is 1. The smallest absolute Gasteiger partial charge is 0.269 e. The lowest BCUT2D eigenvalue weighted by molar-refractivity contribution is 0.0947. The molecule has 7 heteroatoms. The zero-order valence-electron chi connectivity index (χ0n) is 13.6. The predicted molar refractivity (Wildman–Crippen MR) is 89.4 cm³/mol. The minimum atomic E-state index is -0.937. The van der Waals surface area contributed by atoms with Gasteiger partial charge in [0.1, 0.15) is 5.69 Å². The van der Waals surface area contributed by atoms with E-state index in [1.807, 2.05) is 19.0 Å². The van der Waals surface area contributed by atoms with Crippen LogP contribution in [0, 0.1) is 11.6 Å². The third-order valence-electron chi connectivity index (χ3n) is 3.27. The Morgan fingerprint density at radius 1 is 1.12 bits per heavy atom. The molecule has 24 heavy (non-hydrogen) atoms. The van der Waals surface area contributed by atoms with E-state index in [1.165, 1.54) is 12.3 Å². The van der Waals surface area contributed by atoms with Crippen LogP contribution in [0.4, 0.5) is 20.2 Å². The van der Waals surface area contributed by atoms with E-state index in [0.29, 0.717) is 17.9 Å². The fourth-order valence-electron chi connectivity index (χ4n) is 2.06. The topological polar surface area (TPSA) is 57.3 Å². The van der Waals surface area contributed by atoms with Gasteiger partial charge >= 0.3 is 0 Å². The van der Waals surface area contributed by atoms with Crippen molar-refractivity contribution >= 4 is 17.3 Å². The average Bonchev–Trinajstić information content (AvgIpc) is 2.55. The summed E-state index contributed by atoms with van der Waals surface area (Å²) in [5.74, 6) is -2.12. The molecule has 1 aromatic heterocycles. The second kappa shape index (κ2) is 8.35. The summed E-state index contributed by atoms with van der Waals surface area (Å²) in [7, 11) is 3.94. The fourth-order valence-corrected chi connectivity index (χ4v) is 2.06. The molecule has 1 aromatic carbocycles. The first-order valence-corrected chi connectivity index (χ1v) is 7.57. The molecule has 5 nitrogen and oxygen atoms in total. The number of amides is 1. The molecule has 2 rings (SSSR count). The fraction of sp³-hybridized carbons (Fsp3) is 0.294. The molecule has 0 radical (unpaired) electrons. The monoisotopic (exact) mass is 334 g/mol. The molecule has 0 fully saturated rings. The highest BCUT2D eigenvalue weighted by Gasteiger charge is 2.08. The van der Waals surface area contributed by atoms with Gasteiger partial charge < -0.3 is 15.5 Å². The number of nitrogens with zero attached hydrogens (tertiary/aromatic N) is 2. The molecule has 128 valence electrons. The minimum Gasteiger partial charge on any atom is -0.355 e. The highest BCUT2D eigenvalue weighted by atomic mass is 19.2. The lowest BCUT2D eigenvalue weighted by atomic mass is 10.2. The van der Waals surface area contributed by atoms with E-state index in [2.05, 4.69) is 15.6 Å². The number of nitrogens with one attached hydrogen (secondary N) is 2. The van der Waals surface area contributed by atoms with E-state index < -0.39 is 11.6 Å². The van der Waals surface area contributed by atoms with Crippen molar-refractivity contribution in [2.45, 2.75) is 6.42 Å². The van der Waals surface area contributed by atoms with Gasteiger partial charge in [-0.05, 0) is 51.3 Å². The Bertz CT molecular complexity index is 707. The standard InChI is InChI=1S/C17H20F2N4O/c1-23(2)9-3-7-21-17(24)16-11-13(6-8-20-16)22-12-4-5-14(18)15(19)10-12/h4-6,8,10-11H,3,7,9H2,1-2H3,(H,20,22)(H,21,24). The molecule has 0 spiro atoms. The second-order valence-electron chi connectivity index (χ2n) is 5.60. The molecule has 0 unspecified atom stereocenters. The first kappa shape index (κ1) is 17.8. The van der Waals surface area contributed by atoms with E-state index in [1.54, 1.807) is 12.1 Å². The molecule has 0 aliphatic heterocycles. The van der Waals surface area contributed by atoms with Crippen molar-refractivity contribution < 1.29 is 13.6 Å². The summed E-state index contributed by atoms with van der Waals surface area (Å²) in [4.78, 5) is 18.1. The summed E-state index contributed by atoms with van der Waals surface area (Å²) in [6.07, 6.45) is 2.32. The van der Waals surface area contributed by atoms with Gasteiger partial charge in [0.25, 0.3) is 5.91 Å². The number of hydrogen-bond acceptors (Lipinski definition) is 4. The van der Waals surface area contributed by atoms with Gasteiger partial charge in [-0.3, -0.25) is 9.78 Å². The minimum absolute atomic E-state index is 0.257. The number of carbonyl (C=O) groups excluding carboxylic acids is 1. The van der Waals surface area contributed by atoms with Crippen LogP contribution in [0.1, 0.15) is 16.9 Å². The van der Waals surface area contributed by atoms with Gasteiger partial charge in [-0.1, -0.05) is 0 Å². The average molecular weight is 334 g/mol. The van der Waals surface area contributed by atoms with Crippen LogP contribution in [0.5, 0.6) is 0 Å². The zero-order valence-corrected chi connectivity index (χ0v) is 13.6. The van der Waals surface area contributed by atoms with E-state index >= 15 is 0 Å². The van der Waals surface area contributed by atoms with Crippen molar-refractivity contribution in [2.75, 3.05) is 32.5 Å². The Kier molecular flexibility index (Phi) is 6.20. The molecule has 0 atom stereocenters. The molecule has 0 saturated heterocycles. The number of hydrogen-bond donors (Lipinski definition) is 2. The van der Waals surface area contributed by atoms with Gasteiger partial charge in [0, 0.05) is 30.2 Å². The van der Waals surface area contributed by atoms with Crippen LogP contribution < -0.4 is 10.6 Å². The zero-order chi connectivity index (χ0) is 17.5. The molecule has 1 heterocycles. The van der Waals surface area contributed by atoms with Gasteiger partial charge in [0.05, 0.1) is 0 Å².